The summed E-state index contributed by atoms with van der Waals surface area (Å²) in [5.41, 5.74) is 2.62. The number of hydrogen-bond donors (Lipinski definition) is 1. The Morgan fingerprint density at radius 2 is 2.00 bits per heavy atom. The smallest absolute Gasteiger partial charge is 0.123 e. The van der Waals surface area contributed by atoms with Crippen molar-refractivity contribution in [1.29, 1.82) is 0 Å². The molecule has 0 spiro atoms. The number of methoxy groups -OCH3 is 1. The van der Waals surface area contributed by atoms with Gasteiger partial charge in [-0.2, -0.15) is 0 Å². The summed E-state index contributed by atoms with van der Waals surface area (Å²) in [5, 5.41) is 3.48. The van der Waals surface area contributed by atoms with Gasteiger partial charge in [-0.05, 0) is 38.8 Å². The summed E-state index contributed by atoms with van der Waals surface area (Å²) in [6.45, 7) is 2.15. The van der Waals surface area contributed by atoms with Crippen LogP contribution in [-0.2, 0) is 0 Å². The van der Waals surface area contributed by atoms with Crippen LogP contribution < -0.4 is 10.1 Å². The predicted octanol–water partition coefficient (Wildman–Crippen LogP) is 4.62. The summed E-state index contributed by atoms with van der Waals surface area (Å²) in [7, 11) is 3.83. The lowest BCUT2D eigenvalue weighted by molar-refractivity contribution is 0.314. The van der Waals surface area contributed by atoms with Gasteiger partial charge in [-0.3, -0.25) is 0 Å². The number of nitrogens with one attached hydrogen (secondary N) is 1. The van der Waals surface area contributed by atoms with Gasteiger partial charge < -0.3 is 10.1 Å². The van der Waals surface area contributed by atoms with E-state index in [1.807, 2.05) is 0 Å². The Kier molecular flexibility index (Phi) is 5.90. The molecule has 1 aromatic carbocycles. The first kappa shape index (κ1) is 15.4. The van der Waals surface area contributed by atoms with Crippen molar-refractivity contribution >= 4 is 0 Å². The van der Waals surface area contributed by atoms with Gasteiger partial charge >= 0.3 is 0 Å². The van der Waals surface area contributed by atoms with Crippen molar-refractivity contribution < 1.29 is 4.74 Å². The minimum Gasteiger partial charge on any atom is -0.496 e. The summed E-state index contributed by atoms with van der Waals surface area (Å²) in [6, 6.07) is 6.89. The van der Waals surface area contributed by atoms with Gasteiger partial charge in [0.05, 0.1) is 7.11 Å². The Hall–Kier alpha value is -1.02. The average Bonchev–Trinajstić information content (AvgIpc) is 2.49. The number of aryl methyl sites for hydroxylation is 1. The van der Waals surface area contributed by atoms with Gasteiger partial charge in [-0.15, -0.1) is 0 Å². The lowest BCUT2D eigenvalue weighted by Crippen LogP contribution is -2.19. The predicted molar refractivity (Wildman–Crippen MR) is 85.3 cm³/mol. The van der Waals surface area contributed by atoms with Crippen LogP contribution in [0.1, 0.15) is 62.1 Å². The molecule has 0 amide bonds. The third kappa shape index (κ3) is 3.99. The third-order valence-electron chi connectivity index (χ3n) is 4.70. The Balaban J connectivity index is 2.01. The number of ether oxygens (including phenoxy) is 1. The van der Waals surface area contributed by atoms with E-state index in [0.29, 0.717) is 6.04 Å². The second-order valence-corrected chi connectivity index (χ2v) is 6.17. The summed E-state index contributed by atoms with van der Waals surface area (Å²) in [4.78, 5) is 0. The van der Waals surface area contributed by atoms with Gasteiger partial charge in [0.15, 0.2) is 0 Å². The minimum absolute atomic E-state index is 0.409. The molecule has 0 radical (unpaired) electrons. The first-order chi connectivity index (χ1) is 9.74. The summed E-state index contributed by atoms with van der Waals surface area (Å²) in [6.07, 6.45) is 9.72. The maximum absolute atomic E-state index is 5.53. The van der Waals surface area contributed by atoms with Crippen molar-refractivity contribution in [3.63, 3.8) is 0 Å². The van der Waals surface area contributed by atoms with Crippen LogP contribution >= 0.6 is 0 Å². The van der Waals surface area contributed by atoms with Gasteiger partial charge in [0.25, 0.3) is 0 Å². The standard InChI is InChI=1S/C18H29NO/c1-14-9-12-18(20-3)16(13-14)17(19-2)11-10-15-7-5-4-6-8-15/h9,12-13,15,17,19H,4-8,10-11H2,1-3H3. The monoisotopic (exact) mass is 275 g/mol. The fourth-order valence-electron chi connectivity index (χ4n) is 3.46. The molecule has 1 saturated carbocycles. The Morgan fingerprint density at radius 3 is 2.65 bits per heavy atom. The highest BCUT2D eigenvalue weighted by Gasteiger charge is 2.18. The molecule has 0 heterocycles. The maximum atomic E-state index is 5.53. The Bertz CT molecular complexity index is 410. The van der Waals surface area contributed by atoms with Crippen molar-refractivity contribution in [2.45, 2.75) is 57.9 Å². The average molecular weight is 275 g/mol. The normalized spacial score (nSPS) is 17.9. The number of rotatable bonds is 6. The second kappa shape index (κ2) is 7.68. The quantitative estimate of drug-likeness (QED) is 0.817. The van der Waals surface area contributed by atoms with E-state index in [1.54, 1.807) is 7.11 Å². The molecular weight excluding hydrogens is 246 g/mol. The van der Waals surface area contributed by atoms with E-state index in [2.05, 4.69) is 37.5 Å². The van der Waals surface area contributed by atoms with E-state index in [9.17, 15) is 0 Å². The van der Waals surface area contributed by atoms with Crippen LogP contribution in [0.4, 0.5) is 0 Å². The molecule has 1 atom stereocenters. The van der Waals surface area contributed by atoms with Crippen molar-refractivity contribution in [3.8, 4) is 5.75 Å². The van der Waals surface area contributed by atoms with Gasteiger partial charge in [0.2, 0.25) is 0 Å². The highest BCUT2D eigenvalue weighted by molar-refractivity contribution is 5.39. The van der Waals surface area contributed by atoms with Crippen LogP contribution in [0.2, 0.25) is 0 Å². The van der Waals surface area contributed by atoms with Crippen LogP contribution in [0.5, 0.6) is 5.75 Å². The topological polar surface area (TPSA) is 21.3 Å². The fourth-order valence-corrected chi connectivity index (χ4v) is 3.46. The molecular formula is C18H29NO. The summed E-state index contributed by atoms with van der Waals surface area (Å²) in [5.74, 6) is 1.95. The van der Waals surface area contributed by atoms with Crippen LogP contribution in [-0.4, -0.2) is 14.2 Å². The third-order valence-corrected chi connectivity index (χ3v) is 4.70. The SMILES string of the molecule is CNC(CCC1CCCCC1)c1cc(C)ccc1OC. The molecule has 1 N–H and O–H groups in total. The van der Waals surface area contributed by atoms with E-state index < -0.39 is 0 Å². The number of benzene rings is 1. The van der Waals surface area contributed by atoms with Crippen molar-refractivity contribution in [2.24, 2.45) is 5.92 Å². The van der Waals surface area contributed by atoms with E-state index in [-0.39, 0.29) is 0 Å². The Labute approximate surface area is 123 Å². The highest BCUT2D eigenvalue weighted by Crippen LogP contribution is 2.33. The zero-order chi connectivity index (χ0) is 14.4. The van der Waals surface area contributed by atoms with Crippen molar-refractivity contribution in [2.75, 3.05) is 14.2 Å². The van der Waals surface area contributed by atoms with Gasteiger partial charge in [0.1, 0.15) is 5.75 Å². The molecule has 20 heavy (non-hydrogen) atoms. The van der Waals surface area contributed by atoms with E-state index in [1.165, 1.54) is 56.1 Å². The molecule has 1 aliphatic carbocycles. The molecule has 1 unspecified atom stereocenters. The van der Waals surface area contributed by atoms with Crippen LogP contribution in [0, 0.1) is 12.8 Å². The van der Waals surface area contributed by atoms with Crippen LogP contribution in [0.15, 0.2) is 18.2 Å². The first-order valence-electron chi connectivity index (χ1n) is 8.06. The largest absolute Gasteiger partial charge is 0.496 e. The second-order valence-electron chi connectivity index (χ2n) is 6.17. The molecule has 0 aromatic heterocycles. The molecule has 1 aliphatic rings. The Morgan fingerprint density at radius 1 is 1.25 bits per heavy atom. The minimum atomic E-state index is 0.409. The van der Waals surface area contributed by atoms with Crippen molar-refractivity contribution in [3.05, 3.63) is 29.3 Å². The molecule has 1 aromatic rings. The molecule has 0 bridgehead atoms. The molecule has 112 valence electrons. The highest BCUT2D eigenvalue weighted by atomic mass is 16.5. The molecule has 2 heteroatoms. The lowest BCUT2D eigenvalue weighted by atomic mass is 9.84. The van der Waals surface area contributed by atoms with Crippen LogP contribution in [0.25, 0.3) is 0 Å². The van der Waals surface area contributed by atoms with E-state index >= 15 is 0 Å². The van der Waals surface area contributed by atoms with Crippen molar-refractivity contribution in [1.82, 2.24) is 5.32 Å². The zero-order valence-electron chi connectivity index (χ0n) is 13.2. The summed E-state index contributed by atoms with van der Waals surface area (Å²) >= 11 is 0. The van der Waals surface area contributed by atoms with Gasteiger partial charge in [-0.25, -0.2) is 0 Å². The van der Waals surface area contributed by atoms with Gasteiger partial charge in [-0.1, -0.05) is 49.8 Å². The first-order valence-corrected chi connectivity index (χ1v) is 8.06. The number of hydrogen-bond acceptors (Lipinski definition) is 2. The van der Waals surface area contributed by atoms with Crippen LogP contribution in [0.3, 0.4) is 0 Å². The molecule has 0 saturated heterocycles. The van der Waals surface area contributed by atoms with Gasteiger partial charge in [0, 0.05) is 11.6 Å². The molecule has 1 fully saturated rings. The molecule has 2 rings (SSSR count). The fraction of sp³-hybridized carbons (Fsp3) is 0.667. The van der Waals surface area contributed by atoms with E-state index in [4.69, 9.17) is 4.74 Å². The zero-order valence-corrected chi connectivity index (χ0v) is 13.2. The lowest BCUT2D eigenvalue weighted by Gasteiger charge is -2.25. The summed E-state index contributed by atoms with van der Waals surface area (Å²) < 4.78 is 5.53. The maximum Gasteiger partial charge on any atom is 0.123 e. The van der Waals surface area contributed by atoms with E-state index in [0.717, 1.165) is 11.7 Å². The molecule has 2 nitrogen and oxygen atoms in total. The molecule has 0 aliphatic heterocycles.